The van der Waals surface area contributed by atoms with Crippen LogP contribution in [-0.4, -0.2) is 12.7 Å². The van der Waals surface area contributed by atoms with Gasteiger partial charge in [-0.25, -0.2) is 0 Å². The third kappa shape index (κ3) is 3.17. The zero-order chi connectivity index (χ0) is 17.5. The summed E-state index contributed by atoms with van der Waals surface area (Å²) in [4.78, 5) is 0. The third-order valence-corrected chi connectivity index (χ3v) is 7.98. The summed E-state index contributed by atoms with van der Waals surface area (Å²) in [5.41, 5.74) is 11.9. The van der Waals surface area contributed by atoms with Crippen molar-refractivity contribution in [3.05, 3.63) is 83.9 Å². The van der Waals surface area contributed by atoms with Crippen molar-refractivity contribution in [1.82, 2.24) is 0 Å². The van der Waals surface area contributed by atoms with Crippen molar-refractivity contribution in [2.75, 3.05) is 12.7 Å². The van der Waals surface area contributed by atoms with E-state index >= 15 is 0 Å². The summed E-state index contributed by atoms with van der Waals surface area (Å²) in [5.74, 6) is 0. The maximum absolute atomic E-state index is 5.95. The zero-order valence-electron chi connectivity index (χ0n) is 15.3. The molecular formula is C24H24NPS. The number of hydrogen-bond donors (Lipinski definition) is 1. The Balaban J connectivity index is 0.00000180. The first-order valence-corrected chi connectivity index (χ1v) is 11.2. The molecule has 4 aromatic carbocycles. The molecule has 27 heavy (non-hydrogen) atoms. The summed E-state index contributed by atoms with van der Waals surface area (Å²) in [7, 11) is -0.107. The van der Waals surface area contributed by atoms with Gasteiger partial charge in [0.1, 0.15) is 0 Å². The van der Waals surface area contributed by atoms with Gasteiger partial charge in [0.05, 0.1) is 0 Å². The van der Waals surface area contributed by atoms with Crippen LogP contribution >= 0.6 is 21.4 Å². The molecule has 5 rings (SSSR count). The molecule has 3 heteroatoms. The van der Waals surface area contributed by atoms with Crippen LogP contribution in [0.2, 0.25) is 0 Å². The first-order valence-electron chi connectivity index (χ1n) is 9.29. The maximum atomic E-state index is 5.95. The second-order valence-electron chi connectivity index (χ2n) is 7.14. The molecule has 0 aromatic heterocycles. The fraction of sp³-hybridized carbons (Fsp3) is 0.167. The number of hydrogen-bond acceptors (Lipinski definition) is 1. The molecule has 1 nitrogen and oxygen atoms in total. The lowest BCUT2D eigenvalue weighted by Gasteiger charge is -2.15. The van der Waals surface area contributed by atoms with Crippen LogP contribution in [0.15, 0.2) is 72.8 Å². The van der Waals surface area contributed by atoms with Crippen molar-refractivity contribution < 1.29 is 0 Å². The molecule has 0 amide bonds. The quantitative estimate of drug-likeness (QED) is 0.404. The van der Waals surface area contributed by atoms with E-state index in [1.54, 1.807) is 0 Å². The minimum Gasteiger partial charge on any atom is -0.330 e. The zero-order valence-corrected chi connectivity index (χ0v) is 17.2. The lowest BCUT2D eigenvalue weighted by molar-refractivity contribution is 1.12. The average molecular weight is 390 g/mol. The van der Waals surface area contributed by atoms with Gasteiger partial charge in [0.25, 0.3) is 0 Å². The van der Waals surface area contributed by atoms with Crippen LogP contribution in [0.25, 0.3) is 32.7 Å². The Hall–Kier alpha value is -1.86. The molecule has 0 saturated heterocycles. The van der Waals surface area contributed by atoms with Crippen LogP contribution in [0.3, 0.4) is 0 Å². The van der Waals surface area contributed by atoms with Crippen LogP contribution in [0.5, 0.6) is 0 Å². The lowest BCUT2D eigenvalue weighted by Crippen LogP contribution is -2.05. The van der Waals surface area contributed by atoms with E-state index in [1.165, 1.54) is 56.1 Å². The van der Waals surface area contributed by atoms with Crippen molar-refractivity contribution in [3.8, 4) is 11.1 Å². The van der Waals surface area contributed by atoms with Crippen LogP contribution < -0.4 is 5.73 Å². The van der Waals surface area contributed by atoms with Crippen LogP contribution in [0.4, 0.5) is 0 Å². The van der Waals surface area contributed by atoms with Crippen molar-refractivity contribution in [2.45, 2.75) is 12.3 Å². The normalized spacial score (nSPS) is 13.7. The summed E-state index contributed by atoms with van der Waals surface area (Å²) in [6.45, 7) is 0.789. The molecule has 0 saturated carbocycles. The Morgan fingerprint density at radius 3 is 1.63 bits per heavy atom. The van der Waals surface area contributed by atoms with Gasteiger partial charge in [-0.2, -0.15) is 13.5 Å². The van der Waals surface area contributed by atoms with Gasteiger partial charge in [-0.05, 0) is 68.8 Å². The predicted octanol–water partition coefficient (Wildman–Crippen LogP) is 6.23. The minimum atomic E-state index is -0.107. The van der Waals surface area contributed by atoms with Crippen molar-refractivity contribution in [3.63, 3.8) is 0 Å². The molecule has 0 bridgehead atoms. The smallest absolute Gasteiger partial charge is 0.00376 e. The largest absolute Gasteiger partial charge is 0.330 e. The van der Waals surface area contributed by atoms with E-state index in [4.69, 9.17) is 5.73 Å². The molecule has 0 unspecified atom stereocenters. The van der Waals surface area contributed by atoms with Crippen LogP contribution in [0.1, 0.15) is 11.1 Å². The van der Waals surface area contributed by atoms with Gasteiger partial charge in [-0.3, -0.25) is 0 Å². The molecule has 0 atom stereocenters. The second kappa shape index (κ2) is 7.64. The first kappa shape index (κ1) is 18.5. The van der Waals surface area contributed by atoms with Crippen molar-refractivity contribution in [2.24, 2.45) is 5.73 Å². The van der Waals surface area contributed by atoms with Crippen molar-refractivity contribution in [1.29, 1.82) is 0 Å². The van der Waals surface area contributed by atoms with Crippen molar-refractivity contribution >= 4 is 43.0 Å². The van der Waals surface area contributed by atoms with E-state index in [-0.39, 0.29) is 21.4 Å². The standard InChI is InChI=1S/C24H22NP.H2S/c25-13-14-26-15-19-11-9-17-5-1-3-7-21(17)23(19)24-20(16-26)12-10-18-6-2-4-8-22(18)24;/h1-12H,13-16,25H2;1H2. The van der Waals surface area contributed by atoms with Gasteiger partial charge in [-0.15, -0.1) is 0 Å². The highest BCUT2D eigenvalue weighted by Crippen LogP contribution is 2.52. The van der Waals surface area contributed by atoms with E-state index < -0.39 is 0 Å². The van der Waals surface area contributed by atoms with Gasteiger partial charge in [0, 0.05) is 0 Å². The Labute approximate surface area is 168 Å². The Morgan fingerprint density at radius 2 is 1.15 bits per heavy atom. The molecule has 0 fully saturated rings. The summed E-state index contributed by atoms with van der Waals surface area (Å²) in [6, 6.07) is 26.9. The molecule has 1 aliphatic heterocycles. The highest BCUT2D eigenvalue weighted by atomic mass is 32.1. The van der Waals surface area contributed by atoms with Gasteiger partial charge >= 0.3 is 0 Å². The van der Waals surface area contributed by atoms with Gasteiger partial charge < -0.3 is 5.73 Å². The molecular weight excluding hydrogens is 365 g/mol. The van der Waals surface area contributed by atoms with Gasteiger partial charge in [-0.1, -0.05) is 80.7 Å². The molecule has 136 valence electrons. The van der Waals surface area contributed by atoms with Crippen LogP contribution in [0, 0.1) is 0 Å². The molecule has 0 aliphatic carbocycles. The number of rotatable bonds is 2. The number of fused-ring (bicyclic) bond motifs is 7. The topological polar surface area (TPSA) is 26.0 Å². The molecule has 2 N–H and O–H groups in total. The van der Waals surface area contributed by atoms with Crippen LogP contribution in [-0.2, 0) is 12.3 Å². The van der Waals surface area contributed by atoms with E-state index in [0.717, 1.165) is 12.7 Å². The van der Waals surface area contributed by atoms with Gasteiger partial charge in [0.2, 0.25) is 0 Å². The third-order valence-electron chi connectivity index (χ3n) is 5.51. The van der Waals surface area contributed by atoms with E-state index in [0.29, 0.717) is 0 Å². The Bertz CT molecular complexity index is 1030. The monoisotopic (exact) mass is 389 g/mol. The molecule has 1 aliphatic rings. The molecule has 0 radical (unpaired) electrons. The fourth-order valence-corrected chi connectivity index (χ4v) is 6.65. The molecule has 0 spiro atoms. The number of benzene rings is 4. The van der Waals surface area contributed by atoms with Gasteiger partial charge in [0.15, 0.2) is 0 Å². The first-order chi connectivity index (χ1) is 12.8. The number of nitrogens with two attached hydrogens (primary N) is 1. The predicted molar refractivity (Wildman–Crippen MR) is 126 cm³/mol. The van der Waals surface area contributed by atoms with E-state index in [2.05, 4.69) is 72.8 Å². The summed E-state index contributed by atoms with van der Waals surface area (Å²) >= 11 is 0. The second-order valence-corrected chi connectivity index (χ2v) is 9.56. The average Bonchev–Trinajstić information content (AvgIpc) is 2.84. The summed E-state index contributed by atoms with van der Waals surface area (Å²) < 4.78 is 0. The SMILES string of the molecule is NCCP1Cc2ccc3ccccc3c2-c2c(ccc3ccccc23)C1.S. The fourth-order valence-electron chi connectivity index (χ4n) is 4.37. The summed E-state index contributed by atoms with van der Waals surface area (Å²) in [5, 5.41) is 5.42. The summed E-state index contributed by atoms with van der Waals surface area (Å²) in [6.07, 6.45) is 3.50. The van der Waals surface area contributed by atoms with E-state index in [1.807, 2.05) is 0 Å². The Morgan fingerprint density at radius 1 is 0.667 bits per heavy atom. The minimum absolute atomic E-state index is 0. The maximum Gasteiger partial charge on any atom is -0.00376 e. The highest BCUT2D eigenvalue weighted by Gasteiger charge is 2.23. The molecule has 4 aromatic rings. The van der Waals surface area contributed by atoms with E-state index in [9.17, 15) is 0 Å². The Kier molecular flexibility index (Phi) is 5.23. The lowest BCUT2D eigenvalue weighted by atomic mass is 9.88. The highest BCUT2D eigenvalue weighted by molar-refractivity contribution is 7.59. The molecule has 1 heterocycles.